The first kappa shape index (κ1) is 14.0. The molecule has 0 radical (unpaired) electrons. The number of nitrogens with zero attached hydrogens (tertiary/aromatic N) is 1. The van der Waals surface area contributed by atoms with E-state index >= 15 is 0 Å². The van der Waals surface area contributed by atoms with E-state index in [1.54, 1.807) is 0 Å². The molecule has 1 N–H and O–H groups in total. The van der Waals surface area contributed by atoms with Gasteiger partial charge < -0.3 is 5.32 Å². The second-order valence-corrected chi connectivity index (χ2v) is 6.38. The van der Waals surface area contributed by atoms with Gasteiger partial charge in [0.25, 0.3) is 0 Å². The molecular formula is C15H26N2S. The van der Waals surface area contributed by atoms with E-state index in [1.807, 2.05) is 11.3 Å². The van der Waals surface area contributed by atoms with Crippen molar-refractivity contribution < 1.29 is 0 Å². The number of nitrogens with one attached hydrogen (secondary N) is 1. The summed E-state index contributed by atoms with van der Waals surface area (Å²) in [6.45, 7) is 9.53. The van der Waals surface area contributed by atoms with Crippen LogP contribution in [0.2, 0.25) is 0 Å². The molecule has 1 aliphatic rings. The highest BCUT2D eigenvalue weighted by molar-refractivity contribution is 7.10. The number of hydrogen-bond donors (Lipinski definition) is 1. The van der Waals surface area contributed by atoms with Gasteiger partial charge in [-0.05, 0) is 63.2 Å². The van der Waals surface area contributed by atoms with Crippen LogP contribution in [0.1, 0.15) is 44.0 Å². The molecule has 2 nitrogen and oxygen atoms in total. The number of thiophene rings is 1. The van der Waals surface area contributed by atoms with E-state index in [0.717, 1.165) is 5.92 Å². The van der Waals surface area contributed by atoms with E-state index in [2.05, 4.69) is 41.6 Å². The summed E-state index contributed by atoms with van der Waals surface area (Å²) in [5.74, 6) is 0.840. The van der Waals surface area contributed by atoms with Gasteiger partial charge in [0.05, 0.1) is 0 Å². The molecule has 1 aliphatic heterocycles. The molecule has 0 saturated carbocycles. The molecule has 102 valence electrons. The van der Waals surface area contributed by atoms with Gasteiger partial charge in [-0.3, -0.25) is 4.90 Å². The zero-order valence-corrected chi connectivity index (χ0v) is 12.5. The molecular weight excluding hydrogens is 240 g/mol. The fourth-order valence-electron chi connectivity index (χ4n) is 2.85. The molecule has 2 atom stereocenters. The van der Waals surface area contributed by atoms with Crippen molar-refractivity contribution in [2.75, 3.05) is 26.2 Å². The smallest absolute Gasteiger partial charge is 0.0413 e. The summed E-state index contributed by atoms with van der Waals surface area (Å²) < 4.78 is 0. The molecule has 2 rings (SSSR count). The Morgan fingerprint density at radius 3 is 3.06 bits per heavy atom. The maximum atomic E-state index is 3.53. The van der Waals surface area contributed by atoms with E-state index in [0.29, 0.717) is 6.04 Å². The summed E-state index contributed by atoms with van der Waals surface area (Å²) in [5, 5.41) is 5.72. The lowest BCUT2D eigenvalue weighted by molar-refractivity contribution is 0.165. The third-order valence-electron chi connectivity index (χ3n) is 3.91. The quantitative estimate of drug-likeness (QED) is 0.847. The summed E-state index contributed by atoms with van der Waals surface area (Å²) in [7, 11) is 0. The van der Waals surface area contributed by atoms with Crippen LogP contribution in [0.4, 0.5) is 0 Å². The SMILES string of the molecule is CCCN(CC1CCCNC1)C(C)c1cccs1. The van der Waals surface area contributed by atoms with Crippen molar-refractivity contribution in [2.24, 2.45) is 5.92 Å². The first-order valence-corrected chi connectivity index (χ1v) is 8.17. The summed E-state index contributed by atoms with van der Waals surface area (Å²) in [6, 6.07) is 5.02. The largest absolute Gasteiger partial charge is 0.316 e. The molecule has 0 spiro atoms. The highest BCUT2D eigenvalue weighted by Gasteiger charge is 2.21. The Kier molecular flexibility index (Phi) is 5.67. The monoisotopic (exact) mass is 266 g/mol. The average molecular weight is 266 g/mol. The van der Waals surface area contributed by atoms with Crippen LogP contribution in [-0.2, 0) is 0 Å². The van der Waals surface area contributed by atoms with Crippen LogP contribution in [0.5, 0.6) is 0 Å². The highest BCUT2D eigenvalue weighted by atomic mass is 32.1. The molecule has 18 heavy (non-hydrogen) atoms. The molecule has 0 aliphatic carbocycles. The minimum Gasteiger partial charge on any atom is -0.316 e. The maximum Gasteiger partial charge on any atom is 0.0413 e. The molecule has 2 heterocycles. The third-order valence-corrected chi connectivity index (χ3v) is 4.95. The molecule has 0 bridgehead atoms. The Balaban J connectivity index is 1.93. The minimum atomic E-state index is 0.576. The molecule has 1 aromatic rings. The molecule has 1 fully saturated rings. The summed E-state index contributed by atoms with van der Waals surface area (Å²) in [4.78, 5) is 4.18. The first-order valence-electron chi connectivity index (χ1n) is 7.29. The van der Waals surface area contributed by atoms with Crippen molar-refractivity contribution in [3.63, 3.8) is 0 Å². The van der Waals surface area contributed by atoms with E-state index < -0.39 is 0 Å². The van der Waals surface area contributed by atoms with Crippen molar-refractivity contribution in [1.29, 1.82) is 0 Å². The molecule has 2 unspecified atom stereocenters. The number of piperidine rings is 1. The second-order valence-electron chi connectivity index (χ2n) is 5.40. The van der Waals surface area contributed by atoms with Gasteiger partial charge in [-0.25, -0.2) is 0 Å². The Hall–Kier alpha value is -0.380. The van der Waals surface area contributed by atoms with E-state index in [9.17, 15) is 0 Å². The van der Waals surface area contributed by atoms with Crippen LogP contribution >= 0.6 is 11.3 Å². The second kappa shape index (κ2) is 7.27. The van der Waals surface area contributed by atoms with Gasteiger partial charge in [-0.1, -0.05) is 13.0 Å². The fourth-order valence-corrected chi connectivity index (χ4v) is 3.67. The van der Waals surface area contributed by atoms with Gasteiger partial charge >= 0.3 is 0 Å². The van der Waals surface area contributed by atoms with Crippen molar-refractivity contribution in [2.45, 2.75) is 39.2 Å². The summed E-state index contributed by atoms with van der Waals surface area (Å²) in [6.07, 6.45) is 3.98. The highest BCUT2D eigenvalue weighted by Crippen LogP contribution is 2.26. The van der Waals surface area contributed by atoms with Crippen LogP contribution in [0.25, 0.3) is 0 Å². The standard InChI is InChI=1S/C15H26N2S/c1-3-9-17(12-14-6-4-8-16-11-14)13(2)15-7-5-10-18-15/h5,7,10,13-14,16H,3-4,6,8-9,11-12H2,1-2H3. The predicted octanol–water partition coefficient (Wildman–Crippen LogP) is 3.52. The van der Waals surface area contributed by atoms with E-state index in [1.165, 1.54) is 50.3 Å². The molecule has 1 aromatic heterocycles. The van der Waals surface area contributed by atoms with Crippen molar-refractivity contribution >= 4 is 11.3 Å². The lowest BCUT2D eigenvalue weighted by Gasteiger charge is -2.33. The summed E-state index contributed by atoms with van der Waals surface area (Å²) >= 11 is 1.89. The number of hydrogen-bond acceptors (Lipinski definition) is 3. The predicted molar refractivity (Wildman–Crippen MR) is 80.2 cm³/mol. The minimum absolute atomic E-state index is 0.576. The zero-order chi connectivity index (χ0) is 12.8. The molecule has 1 saturated heterocycles. The topological polar surface area (TPSA) is 15.3 Å². The van der Waals surface area contributed by atoms with Crippen LogP contribution in [0.3, 0.4) is 0 Å². The average Bonchev–Trinajstić information content (AvgIpc) is 2.92. The fraction of sp³-hybridized carbons (Fsp3) is 0.733. The van der Waals surface area contributed by atoms with Gasteiger partial charge in [-0.15, -0.1) is 11.3 Å². The normalized spacial score (nSPS) is 22.3. The third kappa shape index (κ3) is 3.81. The van der Waals surface area contributed by atoms with Gasteiger partial charge in [0.2, 0.25) is 0 Å². The van der Waals surface area contributed by atoms with Crippen molar-refractivity contribution in [3.8, 4) is 0 Å². The lowest BCUT2D eigenvalue weighted by Crippen LogP contribution is -2.39. The Labute approximate surface area is 115 Å². The molecule has 0 aromatic carbocycles. The molecule has 3 heteroatoms. The van der Waals surface area contributed by atoms with Crippen LogP contribution in [0, 0.1) is 5.92 Å². The van der Waals surface area contributed by atoms with Gasteiger partial charge in [0.15, 0.2) is 0 Å². The Morgan fingerprint density at radius 1 is 1.56 bits per heavy atom. The van der Waals surface area contributed by atoms with Crippen LogP contribution in [0.15, 0.2) is 17.5 Å². The van der Waals surface area contributed by atoms with Crippen LogP contribution in [-0.4, -0.2) is 31.1 Å². The Morgan fingerprint density at radius 2 is 2.44 bits per heavy atom. The van der Waals surface area contributed by atoms with E-state index in [-0.39, 0.29) is 0 Å². The lowest BCUT2D eigenvalue weighted by atomic mass is 9.98. The maximum absolute atomic E-state index is 3.53. The Bertz CT molecular complexity index is 317. The van der Waals surface area contributed by atoms with Crippen LogP contribution < -0.4 is 5.32 Å². The van der Waals surface area contributed by atoms with Gasteiger partial charge in [-0.2, -0.15) is 0 Å². The van der Waals surface area contributed by atoms with Gasteiger partial charge in [0, 0.05) is 17.5 Å². The first-order chi connectivity index (χ1) is 8.81. The van der Waals surface area contributed by atoms with Crippen molar-refractivity contribution in [1.82, 2.24) is 10.2 Å². The molecule has 0 amide bonds. The van der Waals surface area contributed by atoms with E-state index in [4.69, 9.17) is 0 Å². The van der Waals surface area contributed by atoms with Gasteiger partial charge in [0.1, 0.15) is 0 Å². The zero-order valence-electron chi connectivity index (χ0n) is 11.7. The van der Waals surface area contributed by atoms with Crippen molar-refractivity contribution in [3.05, 3.63) is 22.4 Å². The number of rotatable bonds is 6. The summed E-state index contributed by atoms with van der Waals surface area (Å²) in [5.41, 5.74) is 0.